The monoisotopic (exact) mass is 213 g/mol. The number of aliphatic hydroxyl groups excluding tert-OH is 1. The fourth-order valence-corrected chi connectivity index (χ4v) is 1.44. The Balaban J connectivity index is 3.12. The summed E-state index contributed by atoms with van der Waals surface area (Å²) in [4.78, 5) is 0. The molecule has 0 saturated carbocycles. The third-order valence-electron chi connectivity index (χ3n) is 2.28. The second-order valence-corrected chi connectivity index (χ2v) is 3.39. The maximum absolute atomic E-state index is 13.6. The van der Waals surface area contributed by atoms with Gasteiger partial charge in [0.05, 0.1) is 13.2 Å². The van der Waals surface area contributed by atoms with Crippen LogP contribution in [0.1, 0.15) is 17.2 Å². The second-order valence-electron chi connectivity index (χ2n) is 3.39. The first-order valence-electron chi connectivity index (χ1n) is 4.77. The first-order valence-corrected chi connectivity index (χ1v) is 4.77. The van der Waals surface area contributed by atoms with Crippen molar-refractivity contribution in [3.63, 3.8) is 0 Å². The fraction of sp³-hybridized carbons (Fsp3) is 0.455. The Morgan fingerprint density at radius 1 is 1.53 bits per heavy atom. The zero-order valence-electron chi connectivity index (χ0n) is 9.17. The molecule has 1 unspecified atom stereocenters. The van der Waals surface area contributed by atoms with Gasteiger partial charge in [0.25, 0.3) is 0 Å². The number of hydrogen-bond acceptors (Lipinski definition) is 3. The molecule has 0 bridgehead atoms. The van der Waals surface area contributed by atoms with Crippen LogP contribution in [0.3, 0.4) is 0 Å². The average Bonchev–Trinajstić information content (AvgIpc) is 2.22. The van der Waals surface area contributed by atoms with Gasteiger partial charge >= 0.3 is 0 Å². The predicted octanol–water partition coefficient (Wildman–Crippen LogP) is 1.40. The Morgan fingerprint density at radius 2 is 2.20 bits per heavy atom. The second kappa shape index (κ2) is 5.09. The van der Waals surface area contributed by atoms with Gasteiger partial charge in [0.2, 0.25) is 0 Å². The van der Waals surface area contributed by atoms with Crippen LogP contribution >= 0.6 is 0 Å². The van der Waals surface area contributed by atoms with E-state index in [-0.39, 0.29) is 5.75 Å². The fourth-order valence-electron chi connectivity index (χ4n) is 1.44. The highest BCUT2D eigenvalue weighted by Gasteiger charge is 2.17. The van der Waals surface area contributed by atoms with Gasteiger partial charge in [-0.2, -0.15) is 0 Å². The van der Waals surface area contributed by atoms with Crippen LogP contribution in [-0.2, 0) is 0 Å². The van der Waals surface area contributed by atoms with Crippen molar-refractivity contribution >= 4 is 0 Å². The summed E-state index contributed by atoms with van der Waals surface area (Å²) in [5.74, 6) is -0.289. The number of ether oxygens (including phenoxy) is 1. The van der Waals surface area contributed by atoms with Gasteiger partial charge in [-0.1, -0.05) is 12.1 Å². The summed E-state index contributed by atoms with van der Waals surface area (Å²) in [5, 5.41) is 12.6. The largest absolute Gasteiger partial charge is 0.493 e. The summed E-state index contributed by atoms with van der Waals surface area (Å²) in [6.45, 7) is 2.02. The number of rotatable bonds is 4. The highest BCUT2D eigenvalue weighted by atomic mass is 19.1. The highest BCUT2D eigenvalue weighted by Crippen LogP contribution is 2.29. The van der Waals surface area contributed by atoms with Crippen molar-refractivity contribution in [2.45, 2.75) is 13.0 Å². The molecule has 3 nitrogen and oxygen atoms in total. The summed E-state index contributed by atoms with van der Waals surface area (Å²) < 4.78 is 18.6. The lowest BCUT2D eigenvalue weighted by molar-refractivity contribution is 0.172. The molecule has 0 spiro atoms. The third kappa shape index (κ3) is 2.46. The predicted molar refractivity (Wildman–Crippen MR) is 56.6 cm³/mol. The lowest BCUT2D eigenvalue weighted by atomic mass is 10.1. The van der Waals surface area contributed by atoms with E-state index in [1.165, 1.54) is 7.11 Å². The van der Waals surface area contributed by atoms with Gasteiger partial charge in [0.1, 0.15) is 0 Å². The standard InChI is InChI=1S/C11H16FNO2/c1-7-4-5-8(9(14)6-13-2)11(15-3)10(7)12/h4-5,9,13-14H,6H2,1-3H3. The number of halogens is 1. The molecule has 0 heterocycles. The summed E-state index contributed by atoms with van der Waals surface area (Å²) in [7, 11) is 3.12. The number of hydrogen-bond donors (Lipinski definition) is 2. The molecule has 15 heavy (non-hydrogen) atoms. The minimum absolute atomic E-state index is 0.123. The average molecular weight is 213 g/mol. The van der Waals surface area contributed by atoms with E-state index in [1.807, 2.05) is 0 Å². The van der Waals surface area contributed by atoms with E-state index in [4.69, 9.17) is 4.74 Å². The summed E-state index contributed by atoms with van der Waals surface area (Å²) in [6.07, 6.45) is -0.764. The maximum atomic E-state index is 13.6. The number of likely N-dealkylation sites (N-methyl/N-ethyl adjacent to an activating group) is 1. The summed E-state index contributed by atoms with van der Waals surface area (Å²) >= 11 is 0. The quantitative estimate of drug-likeness (QED) is 0.794. The molecule has 2 N–H and O–H groups in total. The zero-order chi connectivity index (χ0) is 11.4. The molecule has 0 amide bonds. The Labute approximate surface area is 88.9 Å². The lowest BCUT2D eigenvalue weighted by Crippen LogP contribution is -2.17. The van der Waals surface area contributed by atoms with E-state index in [1.54, 1.807) is 26.1 Å². The van der Waals surface area contributed by atoms with Crippen molar-refractivity contribution in [1.29, 1.82) is 0 Å². The van der Waals surface area contributed by atoms with E-state index < -0.39 is 11.9 Å². The molecule has 0 saturated heterocycles. The van der Waals surface area contributed by atoms with Gasteiger partial charge in [-0.15, -0.1) is 0 Å². The minimum Gasteiger partial charge on any atom is -0.493 e. The molecule has 0 aromatic heterocycles. The van der Waals surface area contributed by atoms with Crippen LogP contribution in [0.25, 0.3) is 0 Å². The normalized spacial score (nSPS) is 12.6. The van der Waals surface area contributed by atoms with Crippen LogP contribution in [0.2, 0.25) is 0 Å². The number of aliphatic hydroxyl groups is 1. The van der Waals surface area contributed by atoms with E-state index in [0.717, 1.165) is 0 Å². The van der Waals surface area contributed by atoms with Gasteiger partial charge in [0, 0.05) is 12.1 Å². The van der Waals surface area contributed by atoms with Gasteiger partial charge < -0.3 is 15.2 Å². The Morgan fingerprint density at radius 3 is 2.73 bits per heavy atom. The van der Waals surface area contributed by atoms with Crippen molar-refractivity contribution in [3.8, 4) is 5.75 Å². The van der Waals surface area contributed by atoms with Gasteiger partial charge in [-0.3, -0.25) is 0 Å². The SMILES string of the molecule is CNCC(O)c1ccc(C)c(F)c1OC. The Kier molecular flexibility index (Phi) is 4.05. The molecule has 0 fully saturated rings. The van der Waals surface area contributed by atoms with Crippen molar-refractivity contribution in [2.24, 2.45) is 0 Å². The van der Waals surface area contributed by atoms with E-state index in [2.05, 4.69) is 5.32 Å². The Hall–Kier alpha value is -1.13. The maximum Gasteiger partial charge on any atom is 0.168 e. The van der Waals surface area contributed by atoms with Crippen LogP contribution in [-0.4, -0.2) is 25.8 Å². The molecule has 1 rings (SSSR count). The first-order chi connectivity index (χ1) is 7.11. The van der Waals surface area contributed by atoms with E-state index in [0.29, 0.717) is 17.7 Å². The molecule has 0 aliphatic carbocycles. The molecule has 4 heteroatoms. The van der Waals surface area contributed by atoms with Crippen LogP contribution in [0.15, 0.2) is 12.1 Å². The zero-order valence-corrected chi connectivity index (χ0v) is 9.17. The van der Waals surface area contributed by atoms with Crippen LogP contribution in [0, 0.1) is 12.7 Å². The van der Waals surface area contributed by atoms with Crippen LogP contribution in [0.5, 0.6) is 5.75 Å². The third-order valence-corrected chi connectivity index (χ3v) is 2.28. The van der Waals surface area contributed by atoms with Crippen molar-refractivity contribution in [1.82, 2.24) is 5.32 Å². The molecule has 84 valence electrons. The lowest BCUT2D eigenvalue weighted by Gasteiger charge is -2.15. The van der Waals surface area contributed by atoms with Crippen molar-refractivity contribution in [3.05, 3.63) is 29.1 Å². The summed E-state index contributed by atoms with van der Waals surface area (Å²) in [6, 6.07) is 3.31. The van der Waals surface area contributed by atoms with Crippen LogP contribution in [0.4, 0.5) is 4.39 Å². The molecular weight excluding hydrogens is 197 g/mol. The molecular formula is C11H16FNO2. The van der Waals surface area contributed by atoms with Gasteiger partial charge in [-0.25, -0.2) is 4.39 Å². The van der Waals surface area contributed by atoms with Crippen molar-refractivity contribution < 1.29 is 14.2 Å². The molecule has 0 aliphatic rings. The first kappa shape index (κ1) is 11.9. The van der Waals surface area contributed by atoms with Crippen molar-refractivity contribution in [2.75, 3.05) is 20.7 Å². The molecule has 0 aliphatic heterocycles. The summed E-state index contributed by atoms with van der Waals surface area (Å²) in [5.41, 5.74) is 0.974. The molecule has 0 radical (unpaired) electrons. The van der Waals surface area contributed by atoms with E-state index >= 15 is 0 Å². The smallest absolute Gasteiger partial charge is 0.168 e. The number of methoxy groups -OCH3 is 1. The number of benzene rings is 1. The van der Waals surface area contributed by atoms with Crippen LogP contribution < -0.4 is 10.1 Å². The minimum atomic E-state index is -0.764. The number of nitrogens with one attached hydrogen (secondary N) is 1. The molecule has 1 aromatic carbocycles. The Bertz CT molecular complexity index is 342. The highest BCUT2D eigenvalue weighted by molar-refractivity contribution is 5.40. The van der Waals surface area contributed by atoms with Gasteiger partial charge in [-0.05, 0) is 19.5 Å². The van der Waals surface area contributed by atoms with Gasteiger partial charge in [0.15, 0.2) is 11.6 Å². The molecule has 1 atom stereocenters. The topological polar surface area (TPSA) is 41.5 Å². The molecule has 1 aromatic rings. The number of aryl methyl sites for hydroxylation is 1. The van der Waals surface area contributed by atoms with E-state index in [9.17, 15) is 9.50 Å².